The van der Waals surface area contributed by atoms with Crippen molar-refractivity contribution in [1.82, 2.24) is 15.3 Å². The molecule has 0 aliphatic heterocycles. The average Bonchev–Trinajstić information content (AvgIpc) is 2.17. The summed E-state index contributed by atoms with van der Waals surface area (Å²) in [7, 11) is 1.82. The van der Waals surface area contributed by atoms with E-state index in [2.05, 4.69) is 15.3 Å². The topological polar surface area (TPSA) is 60.9 Å². The van der Waals surface area contributed by atoms with Crippen LogP contribution in [0.5, 0.6) is 5.88 Å². The fourth-order valence-corrected chi connectivity index (χ4v) is 0.609. The van der Waals surface area contributed by atoms with Crippen LogP contribution in [0.2, 0.25) is 0 Å². The number of hydrogen-bond acceptors (Lipinski definition) is 3. The summed E-state index contributed by atoms with van der Waals surface area (Å²) in [5.41, 5.74) is 0. The van der Waals surface area contributed by atoms with E-state index in [9.17, 15) is 0 Å². The molecule has 0 spiro atoms. The molecule has 0 radical (unpaired) electrons. The Labute approximate surface area is 52.9 Å². The Kier molecular flexibility index (Phi) is 1.69. The van der Waals surface area contributed by atoms with E-state index in [0.29, 0.717) is 6.54 Å². The van der Waals surface area contributed by atoms with Gasteiger partial charge in [-0.05, 0) is 7.05 Å². The number of H-pyrrole nitrogens is 1. The molecule has 1 aromatic heterocycles. The maximum Gasteiger partial charge on any atom is 0.208 e. The first kappa shape index (κ1) is 6.10. The summed E-state index contributed by atoms with van der Waals surface area (Å²) in [6.07, 6.45) is 1.38. The number of hydrogen-bond donors (Lipinski definition) is 3. The maximum atomic E-state index is 8.73. The van der Waals surface area contributed by atoms with Gasteiger partial charge in [0.25, 0.3) is 0 Å². The third-order valence-corrected chi connectivity index (χ3v) is 0.959. The third kappa shape index (κ3) is 1.43. The molecule has 4 nitrogen and oxygen atoms in total. The molecule has 0 saturated carbocycles. The summed E-state index contributed by atoms with van der Waals surface area (Å²) in [4.78, 5) is 6.50. The predicted octanol–water partition coefficient (Wildman–Crippen LogP) is -0.165. The first-order valence-corrected chi connectivity index (χ1v) is 2.70. The van der Waals surface area contributed by atoms with Crippen LogP contribution < -0.4 is 5.32 Å². The van der Waals surface area contributed by atoms with Crippen LogP contribution in [0.3, 0.4) is 0 Å². The summed E-state index contributed by atoms with van der Waals surface area (Å²) >= 11 is 0. The second-order valence-corrected chi connectivity index (χ2v) is 1.75. The number of imidazole rings is 1. The maximum absolute atomic E-state index is 8.73. The lowest BCUT2D eigenvalue weighted by Gasteiger charge is -1.89. The highest BCUT2D eigenvalue weighted by Gasteiger charge is 1.93. The lowest BCUT2D eigenvalue weighted by molar-refractivity contribution is 0.455. The highest BCUT2D eigenvalue weighted by molar-refractivity contribution is 5.04. The number of aromatic amines is 1. The Morgan fingerprint density at radius 3 is 3.11 bits per heavy atom. The van der Waals surface area contributed by atoms with Crippen LogP contribution in [0.4, 0.5) is 0 Å². The van der Waals surface area contributed by atoms with Gasteiger partial charge in [0.2, 0.25) is 5.88 Å². The van der Waals surface area contributed by atoms with Crippen LogP contribution in [0.1, 0.15) is 5.82 Å². The van der Waals surface area contributed by atoms with Crippen LogP contribution in [0.25, 0.3) is 0 Å². The van der Waals surface area contributed by atoms with Crippen molar-refractivity contribution in [2.75, 3.05) is 7.05 Å². The van der Waals surface area contributed by atoms with Gasteiger partial charge < -0.3 is 15.4 Å². The van der Waals surface area contributed by atoms with Gasteiger partial charge in [-0.25, -0.2) is 4.98 Å². The number of aromatic nitrogens is 2. The Morgan fingerprint density at radius 2 is 2.67 bits per heavy atom. The molecule has 0 aliphatic rings. The summed E-state index contributed by atoms with van der Waals surface area (Å²) in [5.74, 6) is 0.857. The number of rotatable bonds is 2. The first-order valence-electron chi connectivity index (χ1n) is 2.70. The van der Waals surface area contributed by atoms with Crippen molar-refractivity contribution >= 4 is 0 Å². The van der Waals surface area contributed by atoms with Gasteiger partial charge in [0.15, 0.2) is 0 Å². The van der Waals surface area contributed by atoms with Gasteiger partial charge in [-0.3, -0.25) is 0 Å². The molecule has 50 valence electrons. The van der Waals surface area contributed by atoms with Crippen molar-refractivity contribution in [1.29, 1.82) is 0 Å². The SMILES string of the molecule is CNCc1ncc(O)[nH]1. The average molecular weight is 127 g/mol. The predicted molar refractivity (Wildman–Crippen MR) is 33.0 cm³/mol. The van der Waals surface area contributed by atoms with E-state index in [1.807, 2.05) is 7.05 Å². The van der Waals surface area contributed by atoms with Crippen LogP contribution in [0.15, 0.2) is 6.20 Å². The van der Waals surface area contributed by atoms with Crippen LogP contribution in [0, 0.1) is 0 Å². The summed E-state index contributed by atoms with van der Waals surface area (Å²) in [6, 6.07) is 0. The van der Waals surface area contributed by atoms with Crippen molar-refractivity contribution in [2.24, 2.45) is 0 Å². The van der Waals surface area contributed by atoms with Crippen molar-refractivity contribution in [3.8, 4) is 5.88 Å². The fraction of sp³-hybridized carbons (Fsp3) is 0.400. The zero-order chi connectivity index (χ0) is 6.69. The van der Waals surface area contributed by atoms with E-state index in [1.165, 1.54) is 6.20 Å². The van der Waals surface area contributed by atoms with Gasteiger partial charge in [-0.2, -0.15) is 0 Å². The molecule has 9 heavy (non-hydrogen) atoms. The Bertz CT molecular complexity index is 184. The molecule has 0 aliphatic carbocycles. The zero-order valence-electron chi connectivity index (χ0n) is 5.18. The second-order valence-electron chi connectivity index (χ2n) is 1.75. The van der Waals surface area contributed by atoms with Crippen LogP contribution >= 0.6 is 0 Å². The molecule has 1 aromatic rings. The van der Waals surface area contributed by atoms with Crippen LogP contribution in [-0.2, 0) is 6.54 Å². The van der Waals surface area contributed by atoms with Gasteiger partial charge >= 0.3 is 0 Å². The minimum Gasteiger partial charge on any atom is -0.493 e. The third-order valence-electron chi connectivity index (χ3n) is 0.959. The number of nitrogens with one attached hydrogen (secondary N) is 2. The van der Waals surface area contributed by atoms with Gasteiger partial charge in [0, 0.05) is 0 Å². The van der Waals surface area contributed by atoms with E-state index >= 15 is 0 Å². The molecule has 1 rings (SSSR count). The normalized spacial score (nSPS) is 9.89. The zero-order valence-corrected chi connectivity index (χ0v) is 5.18. The molecular weight excluding hydrogens is 118 g/mol. The molecule has 0 atom stereocenters. The lowest BCUT2D eigenvalue weighted by atomic mass is 10.6. The molecule has 4 heteroatoms. The van der Waals surface area contributed by atoms with Crippen molar-refractivity contribution < 1.29 is 5.11 Å². The molecule has 1 heterocycles. The van der Waals surface area contributed by atoms with Gasteiger partial charge in [0.1, 0.15) is 5.82 Å². The molecule has 0 amide bonds. The van der Waals surface area contributed by atoms with E-state index in [1.54, 1.807) is 0 Å². The standard InChI is InChI=1S/C5H9N3O/c1-6-2-4-7-3-5(9)8-4/h3,6,9H,2H2,1H3,(H,7,8). The monoisotopic (exact) mass is 127 g/mol. The first-order chi connectivity index (χ1) is 4.33. The smallest absolute Gasteiger partial charge is 0.208 e. The largest absolute Gasteiger partial charge is 0.493 e. The summed E-state index contributed by atoms with van der Waals surface area (Å²) < 4.78 is 0. The van der Waals surface area contributed by atoms with Gasteiger partial charge in [-0.15, -0.1) is 0 Å². The van der Waals surface area contributed by atoms with Crippen molar-refractivity contribution in [2.45, 2.75) is 6.54 Å². The van der Waals surface area contributed by atoms with E-state index in [0.717, 1.165) is 5.82 Å². The second kappa shape index (κ2) is 2.50. The van der Waals surface area contributed by atoms with E-state index in [4.69, 9.17) is 5.11 Å². The Morgan fingerprint density at radius 1 is 1.89 bits per heavy atom. The molecular formula is C5H9N3O. The molecule has 0 saturated heterocycles. The van der Waals surface area contributed by atoms with Crippen molar-refractivity contribution in [3.63, 3.8) is 0 Å². The molecule has 0 unspecified atom stereocenters. The minimum absolute atomic E-state index is 0.111. The molecule has 0 aromatic carbocycles. The fourth-order valence-electron chi connectivity index (χ4n) is 0.609. The van der Waals surface area contributed by atoms with E-state index in [-0.39, 0.29) is 5.88 Å². The minimum atomic E-state index is 0.111. The number of aromatic hydroxyl groups is 1. The Balaban J connectivity index is 2.61. The highest BCUT2D eigenvalue weighted by atomic mass is 16.3. The summed E-state index contributed by atoms with van der Waals surface area (Å²) in [6.45, 7) is 0.653. The van der Waals surface area contributed by atoms with Gasteiger partial charge in [-0.1, -0.05) is 0 Å². The molecule has 3 N–H and O–H groups in total. The van der Waals surface area contributed by atoms with Gasteiger partial charge in [0.05, 0.1) is 12.7 Å². The number of nitrogens with zero attached hydrogens (tertiary/aromatic N) is 1. The highest BCUT2D eigenvalue weighted by Crippen LogP contribution is 2.01. The van der Waals surface area contributed by atoms with Crippen LogP contribution in [-0.4, -0.2) is 22.1 Å². The lowest BCUT2D eigenvalue weighted by Crippen LogP contribution is -2.06. The molecule has 0 bridgehead atoms. The summed E-state index contributed by atoms with van der Waals surface area (Å²) in [5, 5.41) is 11.6. The molecule has 0 fully saturated rings. The Hall–Kier alpha value is -1.03. The van der Waals surface area contributed by atoms with E-state index < -0.39 is 0 Å². The quantitative estimate of drug-likeness (QED) is 0.517. The van der Waals surface area contributed by atoms with Crippen molar-refractivity contribution in [3.05, 3.63) is 12.0 Å².